The first-order valence-corrected chi connectivity index (χ1v) is 6.78. The predicted molar refractivity (Wildman–Crippen MR) is 70.8 cm³/mol. The van der Waals surface area contributed by atoms with E-state index in [1.54, 1.807) is 14.0 Å². The van der Waals surface area contributed by atoms with Crippen molar-refractivity contribution in [3.63, 3.8) is 0 Å². The summed E-state index contributed by atoms with van der Waals surface area (Å²) in [5.41, 5.74) is -0.823. The van der Waals surface area contributed by atoms with Crippen LogP contribution in [-0.4, -0.2) is 60.9 Å². The highest BCUT2D eigenvalue weighted by atomic mass is 16.5. The molecule has 0 aromatic rings. The average Bonchev–Trinajstić information content (AvgIpc) is 2.37. The Bertz CT molecular complexity index is 265. The van der Waals surface area contributed by atoms with E-state index in [9.17, 15) is 9.90 Å². The molecule has 2 N–H and O–H groups in total. The Morgan fingerprint density at radius 1 is 1.50 bits per heavy atom. The fraction of sp³-hybridized carbons (Fsp3) is 0.923. The number of hydrogen-bond acceptors (Lipinski definition) is 4. The van der Waals surface area contributed by atoms with Crippen LogP contribution in [-0.2, 0) is 9.53 Å². The lowest BCUT2D eigenvalue weighted by molar-refractivity contribution is -0.144. The molecule has 5 heteroatoms. The number of rotatable bonds is 7. The van der Waals surface area contributed by atoms with E-state index >= 15 is 0 Å². The average molecular weight is 258 g/mol. The zero-order valence-corrected chi connectivity index (χ0v) is 11.7. The van der Waals surface area contributed by atoms with Crippen LogP contribution >= 0.6 is 0 Å². The van der Waals surface area contributed by atoms with E-state index in [1.807, 2.05) is 6.92 Å². The highest BCUT2D eigenvalue weighted by Gasteiger charge is 2.31. The lowest BCUT2D eigenvalue weighted by atomic mass is 9.97. The Labute approximate surface area is 109 Å². The summed E-state index contributed by atoms with van der Waals surface area (Å²) in [6.45, 7) is 7.37. The molecule has 0 radical (unpaired) electrons. The summed E-state index contributed by atoms with van der Waals surface area (Å²) >= 11 is 0. The molecule has 18 heavy (non-hydrogen) atoms. The van der Waals surface area contributed by atoms with Gasteiger partial charge in [-0.15, -0.1) is 0 Å². The molecule has 0 bridgehead atoms. The molecule has 1 saturated heterocycles. The molecule has 0 saturated carbocycles. The van der Waals surface area contributed by atoms with Gasteiger partial charge >= 0.3 is 5.97 Å². The van der Waals surface area contributed by atoms with Gasteiger partial charge in [0.2, 0.25) is 0 Å². The SMILES string of the molecule is CCOC1CCN(CCC(C)(NC)C(=O)O)CC1. The van der Waals surface area contributed by atoms with E-state index in [0.29, 0.717) is 12.5 Å². The smallest absolute Gasteiger partial charge is 0.323 e. The normalized spacial score (nSPS) is 21.7. The summed E-state index contributed by atoms with van der Waals surface area (Å²) in [6.07, 6.45) is 3.12. The predicted octanol–water partition coefficient (Wildman–Crippen LogP) is 0.940. The first kappa shape index (κ1) is 15.4. The van der Waals surface area contributed by atoms with Crippen molar-refractivity contribution in [1.82, 2.24) is 10.2 Å². The second-order valence-corrected chi connectivity index (χ2v) is 5.13. The first-order chi connectivity index (χ1) is 8.51. The molecule has 1 aliphatic heterocycles. The van der Waals surface area contributed by atoms with Crippen molar-refractivity contribution in [3.8, 4) is 0 Å². The molecule has 0 aliphatic carbocycles. The minimum absolute atomic E-state index is 0.390. The summed E-state index contributed by atoms with van der Waals surface area (Å²) in [5.74, 6) is -0.783. The number of aliphatic carboxylic acids is 1. The molecule has 1 heterocycles. The quantitative estimate of drug-likeness (QED) is 0.711. The van der Waals surface area contributed by atoms with Gasteiger partial charge in [0.25, 0.3) is 0 Å². The van der Waals surface area contributed by atoms with Crippen molar-refractivity contribution in [2.45, 2.75) is 44.8 Å². The molecule has 1 fully saturated rings. The third kappa shape index (κ3) is 4.23. The highest BCUT2D eigenvalue weighted by Crippen LogP contribution is 2.16. The molecule has 0 amide bonds. The molecular weight excluding hydrogens is 232 g/mol. The van der Waals surface area contributed by atoms with Crippen LogP contribution in [0.3, 0.4) is 0 Å². The minimum atomic E-state index is -0.823. The number of hydrogen-bond donors (Lipinski definition) is 2. The van der Waals surface area contributed by atoms with Crippen LogP contribution in [0.1, 0.15) is 33.1 Å². The number of likely N-dealkylation sites (N-methyl/N-ethyl adjacent to an activating group) is 1. The number of nitrogens with one attached hydrogen (secondary N) is 1. The maximum atomic E-state index is 11.2. The van der Waals surface area contributed by atoms with Crippen LogP contribution in [0.4, 0.5) is 0 Å². The second kappa shape index (κ2) is 7.07. The topological polar surface area (TPSA) is 61.8 Å². The Morgan fingerprint density at radius 2 is 2.11 bits per heavy atom. The molecule has 0 aromatic heterocycles. The third-order valence-corrected chi connectivity index (χ3v) is 3.89. The Balaban J connectivity index is 2.31. The number of carbonyl (C=O) groups is 1. The molecule has 0 spiro atoms. The molecule has 1 unspecified atom stereocenters. The van der Waals surface area contributed by atoms with E-state index in [2.05, 4.69) is 10.2 Å². The molecule has 5 nitrogen and oxygen atoms in total. The van der Waals surface area contributed by atoms with Crippen molar-refractivity contribution in [2.75, 3.05) is 33.3 Å². The van der Waals surface area contributed by atoms with E-state index in [-0.39, 0.29) is 0 Å². The van der Waals surface area contributed by atoms with Crippen molar-refractivity contribution in [3.05, 3.63) is 0 Å². The van der Waals surface area contributed by atoms with E-state index in [1.165, 1.54) is 0 Å². The molecule has 1 atom stereocenters. The summed E-state index contributed by atoms with van der Waals surface area (Å²) in [6, 6.07) is 0. The minimum Gasteiger partial charge on any atom is -0.480 e. The summed E-state index contributed by atoms with van der Waals surface area (Å²) in [7, 11) is 1.70. The number of carboxylic acids is 1. The van der Waals surface area contributed by atoms with Crippen molar-refractivity contribution in [1.29, 1.82) is 0 Å². The van der Waals surface area contributed by atoms with Crippen molar-refractivity contribution < 1.29 is 14.6 Å². The lowest BCUT2D eigenvalue weighted by Gasteiger charge is -2.34. The van der Waals surface area contributed by atoms with Gasteiger partial charge < -0.3 is 20.1 Å². The summed E-state index contributed by atoms with van der Waals surface area (Å²) in [4.78, 5) is 13.5. The van der Waals surface area contributed by atoms with Gasteiger partial charge in [0.15, 0.2) is 0 Å². The van der Waals surface area contributed by atoms with Gasteiger partial charge in [-0.1, -0.05) is 0 Å². The molecular formula is C13H26N2O3. The van der Waals surface area contributed by atoms with Gasteiger partial charge in [-0.05, 0) is 40.2 Å². The number of likely N-dealkylation sites (tertiary alicyclic amines) is 1. The van der Waals surface area contributed by atoms with Gasteiger partial charge in [-0.3, -0.25) is 4.79 Å². The first-order valence-electron chi connectivity index (χ1n) is 6.78. The molecule has 1 rings (SSSR count). The zero-order chi connectivity index (χ0) is 13.6. The second-order valence-electron chi connectivity index (χ2n) is 5.13. The van der Waals surface area contributed by atoms with Gasteiger partial charge in [0.1, 0.15) is 5.54 Å². The Morgan fingerprint density at radius 3 is 2.56 bits per heavy atom. The van der Waals surface area contributed by atoms with Crippen molar-refractivity contribution >= 4 is 5.97 Å². The maximum absolute atomic E-state index is 11.2. The lowest BCUT2D eigenvalue weighted by Crippen LogP contribution is -2.50. The third-order valence-electron chi connectivity index (χ3n) is 3.89. The zero-order valence-electron chi connectivity index (χ0n) is 11.7. The Hall–Kier alpha value is -0.650. The maximum Gasteiger partial charge on any atom is 0.323 e. The number of piperidine rings is 1. The van der Waals surface area contributed by atoms with Crippen LogP contribution in [0, 0.1) is 0 Å². The van der Waals surface area contributed by atoms with Gasteiger partial charge in [0.05, 0.1) is 6.10 Å². The summed E-state index contributed by atoms with van der Waals surface area (Å²) < 4.78 is 5.60. The fourth-order valence-electron chi connectivity index (χ4n) is 2.26. The van der Waals surface area contributed by atoms with Crippen LogP contribution in [0.5, 0.6) is 0 Å². The van der Waals surface area contributed by atoms with E-state index in [4.69, 9.17) is 4.74 Å². The van der Waals surface area contributed by atoms with Gasteiger partial charge in [0, 0.05) is 26.2 Å². The summed E-state index contributed by atoms with van der Waals surface area (Å²) in [5, 5.41) is 12.1. The van der Waals surface area contributed by atoms with Crippen LogP contribution in [0.2, 0.25) is 0 Å². The van der Waals surface area contributed by atoms with Crippen LogP contribution in [0.25, 0.3) is 0 Å². The Kier molecular flexibility index (Phi) is 6.05. The van der Waals surface area contributed by atoms with E-state index in [0.717, 1.165) is 39.1 Å². The number of carboxylic acid groups (broad SMARTS) is 1. The number of ether oxygens (including phenoxy) is 1. The van der Waals surface area contributed by atoms with Crippen molar-refractivity contribution in [2.24, 2.45) is 0 Å². The fourth-order valence-corrected chi connectivity index (χ4v) is 2.26. The monoisotopic (exact) mass is 258 g/mol. The molecule has 1 aliphatic rings. The largest absolute Gasteiger partial charge is 0.480 e. The van der Waals surface area contributed by atoms with Gasteiger partial charge in [-0.25, -0.2) is 0 Å². The molecule has 106 valence electrons. The number of nitrogens with zero attached hydrogens (tertiary/aromatic N) is 1. The molecule has 0 aromatic carbocycles. The van der Waals surface area contributed by atoms with E-state index < -0.39 is 11.5 Å². The standard InChI is InChI=1S/C13H26N2O3/c1-4-18-11-5-8-15(9-6-11)10-7-13(2,14-3)12(16)17/h11,14H,4-10H2,1-3H3,(H,16,17). The van der Waals surface area contributed by atoms with Gasteiger partial charge in [-0.2, -0.15) is 0 Å². The van der Waals surface area contributed by atoms with Crippen LogP contribution in [0.15, 0.2) is 0 Å². The highest BCUT2D eigenvalue weighted by molar-refractivity contribution is 5.78. The van der Waals surface area contributed by atoms with Crippen LogP contribution < -0.4 is 5.32 Å².